The van der Waals surface area contributed by atoms with Crippen LogP contribution in [-0.4, -0.2) is 0 Å². The highest BCUT2D eigenvalue weighted by molar-refractivity contribution is 5.34. The fourth-order valence-corrected chi connectivity index (χ4v) is 8.31. The number of hydrogen-bond donors (Lipinski definition) is 0. The molecule has 5 aliphatic rings. The first-order valence-corrected chi connectivity index (χ1v) is 10.6. The summed E-state index contributed by atoms with van der Waals surface area (Å²) in [5, 5.41) is 0. The van der Waals surface area contributed by atoms with E-state index in [9.17, 15) is 0 Å². The smallest absolute Gasteiger partial charge is 0.00463 e. The van der Waals surface area contributed by atoms with Gasteiger partial charge in [-0.15, -0.1) is 0 Å². The maximum absolute atomic E-state index is 4.58. The largest absolute Gasteiger partial charge is 0.0993 e. The predicted molar refractivity (Wildman–Crippen MR) is 104 cm³/mol. The van der Waals surface area contributed by atoms with Gasteiger partial charge in [-0.25, -0.2) is 0 Å². The van der Waals surface area contributed by atoms with E-state index in [1.807, 2.05) is 0 Å². The number of allylic oxidation sites excluding steroid dienone is 3. The van der Waals surface area contributed by atoms with Crippen LogP contribution in [0.15, 0.2) is 24.3 Å². The van der Waals surface area contributed by atoms with E-state index in [1.165, 1.54) is 44.9 Å². The van der Waals surface area contributed by atoms with Gasteiger partial charge in [0.15, 0.2) is 0 Å². The summed E-state index contributed by atoms with van der Waals surface area (Å²) in [4.78, 5) is 0. The van der Waals surface area contributed by atoms with Crippen molar-refractivity contribution in [3.8, 4) is 0 Å². The van der Waals surface area contributed by atoms with Gasteiger partial charge in [0.2, 0.25) is 0 Å². The molecule has 5 aliphatic carbocycles. The Morgan fingerprint density at radius 3 is 2.62 bits per heavy atom. The van der Waals surface area contributed by atoms with E-state index < -0.39 is 0 Å². The minimum absolute atomic E-state index is 0.487. The van der Waals surface area contributed by atoms with E-state index in [1.54, 1.807) is 5.57 Å². The molecule has 0 N–H and O–H groups in total. The normalized spacial score (nSPS) is 56.5. The fraction of sp³-hybridized carbons (Fsp3) is 0.833. The summed E-state index contributed by atoms with van der Waals surface area (Å²) >= 11 is 0. The third-order valence-corrected chi connectivity index (χ3v) is 9.93. The molecule has 134 valence electrons. The molecule has 2 bridgehead atoms. The van der Waals surface area contributed by atoms with Crippen molar-refractivity contribution in [3.05, 3.63) is 24.3 Å². The SMILES string of the molecule is C=C1CCC23CC14CC(C)C(CC[C@@](C)(C/C=C\C)C(C)[C@@H]2C)C43. The molecule has 0 aromatic carbocycles. The van der Waals surface area contributed by atoms with Crippen molar-refractivity contribution in [3.63, 3.8) is 0 Å². The van der Waals surface area contributed by atoms with Gasteiger partial charge in [0.25, 0.3) is 0 Å². The lowest BCUT2D eigenvalue weighted by Gasteiger charge is -2.71. The minimum atomic E-state index is 0.487. The quantitative estimate of drug-likeness (QED) is 0.478. The van der Waals surface area contributed by atoms with Crippen LogP contribution >= 0.6 is 0 Å². The first kappa shape index (κ1) is 16.9. The molecule has 5 rings (SSSR count). The topological polar surface area (TPSA) is 0 Å². The zero-order valence-corrected chi connectivity index (χ0v) is 16.7. The third kappa shape index (κ3) is 1.87. The highest BCUT2D eigenvalue weighted by Crippen LogP contribution is 2.81. The molecule has 8 atom stereocenters. The van der Waals surface area contributed by atoms with Crippen molar-refractivity contribution in [1.82, 2.24) is 0 Å². The second kappa shape index (κ2) is 5.24. The molecular weight excluding hydrogens is 288 g/mol. The minimum Gasteiger partial charge on any atom is -0.0993 e. The molecule has 0 nitrogen and oxygen atoms in total. The maximum Gasteiger partial charge on any atom is -0.00463 e. The van der Waals surface area contributed by atoms with Crippen LogP contribution in [0.2, 0.25) is 0 Å². The van der Waals surface area contributed by atoms with Gasteiger partial charge in [0.05, 0.1) is 0 Å². The van der Waals surface area contributed by atoms with Crippen LogP contribution in [-0.2, 0) is 0 Å². The van der Waals surface area contributed by atoms with Gasteiger partial charge in [0.1, 0.15) is 0 Å². The highest BCUT2D eigenvalue weighted by Gasteiger charge is 2.74. The third-order valence-electron chi connectivity index (χ3n) is 9.93. The molecule has 0 amide bonds. The first-order valence-electron chi connectivity index (χ1n) is 10.6. The standard InChI is InChI=1S/C24H38/c1-7-8-11-22(6)12-10-20-16(2)14-24-15-23(21(20)24,13-9-17(24)3)19(5)18(22)4/h7-8,16,18-21H,3,9-15H2,1-2,4-6H3/b8-7-/t16?,18?,19-,20?,21?,22+,23?,24?/m0/s1. The summed E-state index contributed by atoms with van der Waals surface area (Å²) in [5.41, 5.74) is 3.34. The Bertz CT molecular complexity index is 571. The second-order valence-corrected chi connectivity index (χ2v) is 10.5. The molecule has 5 saturated carbocycles. The van der Waals surface area contributed by atoms with E-state index >= 15 is 0 Å². The Labute approximate surface area is 150 Å². The molecule has 0 aromatic rings. The van der Waals surface area contributed by atoms with E-state index in [2.05, 4.69) is 53.3 Å². The lowest BCUT2D eigenvalue weighted by Crippen LogP contribution is -2.64. The van der Waals surface area contributed by atoms with Crippen LogP contribution in [0.4, 0.5) is 0 Å². The summed E-state index contributed by atoms with van der Waals surface area (Å²) in [5.74, 6) is 4.56. The van der Waals surface area contributed by atoms with Gasteiger partial charge in [-0.05, 0) is 97.7 Å². The second-order valence-electron chi connectivity index (χ2n) is 10.5. The molecular formula is C24H38. The number of hydrogen-bond acceptors (Lipinski definition) is 0. The molecule has 2 spiro atoms. The van der Waals surface area contributed by atoms with Crippen molar-refractivity contribution < 1.29 is 0 Å². The fourth-order valence-electron chi connectivity index (χ4n) is 8.31. The van der Waals surface area contributed by atoms with E-state index in [0.717, 1.165) is 29.6 Å². The summed E-state index contributed by atoms with van der Waals surface area (Å²) in [6, 6.07) is 0. The number of rotatable bonds is 2. The Balaban J connectivity index is 1.74. The molecule has 0 saturated heterocycles. The van der Waals surface area contributed by atoms with Crippen LogP contribution in [0.1, 0.15) is 79.6 Å². The zero-order valence-electron chi connectivity index (χ0n) is 16.7. The molecule has 0 heterocycles. The van der Waals surface area contributed by atoms with Crippen molar-refractivity contribution in [2.45, 2.75) is 79.6 Å². The van der Waals surface area contributed by atoms with Crippen molar-refractivity contribution in [2.75, 3.05) is 0 Å². The monoisotopic (exact) mass is 326 g/mol. The molecule has 24 heavy (non-hydrogen) atoms. The van der Waals surface area contributed by atoms with Gasteiger partial charge in [-0.1, -0.05) is 52.0 Å². The van der Waals surface area contributed by atoms with Gasteiger partial charge in [0, 0.05) is 0 Å². The van der Waals surface area contributed by atoms with Crippen LogP contribution in [0, 0.1) is 45.8 Å². The summed E-state index contributed by atoms with van der Waals surface area (Å²) < 4.78 is 0. The van der Waals surface area contributed by atoms with Gasteiger partial charge in [-0.3, -0.25) is 0 Å². The first-order chi connectivity index (χ1) is 11.3. The summed E-state index contributed by atoms with van der Waals surface area (Å²) in [6.45, 7) is 17.1. The van der Waals surface area contributed by atoms with Crippen LogP contribution in [0.25, 0.3) is 0 Å². The van der Waals surface area contributed by atoms with E-state index in [-0.39, 0.29) is 0 Å². The van der Waals surface area contributed by atoms with E-state index in [0.29, 0.717) is 16.2 Å². The Kier molecular flexibility index (Phi) is 3.70. The zero-order chi connectivity index (χ0) is 17.3. The summed E-state index contributed by atoms with van der Waals surface area (Å²) in [6.07, 6.45) is 14.6. The van der Waals surface area contributed by atoms with Crippen LogP contribution < -0.4 is 0 Å². The average Bonchev–Trinajstić information content (AvgIpc) is 2.78. The molecule has 5 fully saturated rings. The predicted octanol–water partition coefficient (Wildman–Crippen LogP) is 7.02. The maximum atomic E-state index is 4.58. The Morgan fingerprint density at radius 1 is 1.17 bits per heavy atom. The molecule has 0 aromatic heterocycles. The Morgan fingerprint density at radius 2 is 1.92 bits per heavy atom. The lowest BCUT2D eigenvalue weighted by atomic mass is 9.33. The van der Waals surface area contributed by atoms with Gasteiger partial charge >= 0.3 is 0 Å². The molecule has 0 radical (unpaired) electrons. The lowest BCUT2D eigenvalue weighted by molar-refractivity contribution is -0.196. The van der Waals surface area contributed by atoms with Crippen molar-refractivity contribution in [1.29, 1.82) is 0 Å². The molecule has 0 aliphatic heterocycles. The Hall–Kier alpha value is -0.520. The molecule has 0 heteroatoms. The summed E-state index contributed by atoms with van der Waals surface area (Å²) in [7, 11) is 0. The van der Waals surface area contributed by atoms with Crippen molar-refractivity contribution in [2.24, 2.45) is 45.8 Å². The van der Waals surface area contributed by atoms with Crippen LogP contribution in [0.5, 0.6) is 0 Å². The van der Waals surface area contributed by atoms with Crippen LogP contribution in [0.3, 0.4) is 0 Å². The van der Waals surface area contributed by atoms with Crippen molar-refractivity contribution >= 4 is 0 Å². The van der Waals surface area contributed by atoms with Gasteiger partial charge in [-0.2, -0.15) is 0 Å². The van der Waals surface area contributed by atoms with Gasteiger partial charge < -0.3 is 0 Å². The number of fused-ring (bicyclic) bond motifs is 2. The molecule has 6 unspecified atom stereocenters. The highest BCUT2D eigenvalue weighted by atomic mass is 14.8. The average molecular weight is 327 g/mol. The van der Waals surface area contributed by atoms with E-state index in [4.69, 9.17) is 0 Å².